The fourth-order valence-electron chi connectivity index (χ4n) is 0.396. The summed E-state index contributed by atoms with van der Waals surface area (Å²) in [6.07, 6.45) is 0. The normalized spacial score (nSPS) is 8.50. The number of alkyl halides is 1. The van der Waals surface area contributed by atoms with E-state index in [-0.39, 0.29) is 12.4 Å². The molecule has 0 fully saturated rings. The second-order valence-electron chi connectivity index (χ2n) is 2.07. The van der Waals surface area contributed by atoms with Gasteiger partial charge in [-0.2, -0.15) is 0 Å². The minimum atomic E-state index is 0. The van der Waals surface area contributed by atoms with Gasteiger partial charge in [-0.1, -0.05) is 25.0 Å². The lowest BCUT2D eigenvalue weighted by molar-refractivity contribution is 0.731. The smallest absolute Gasteiger partial charge is 0.147 e. The highest BCUT2D eigenvalue weighted by Gasteiger charge is 1.92. The first-order valence-corrected chi connectivity index (χ1v) is 4.81. The van der Waals surface area contributed by atoms with Gasteiger partial charge in [-0.3, -0.25) is 0 Å². The molecule has 8 heavy (non-hydrogen) atoms. The highest BCUT2D eigenvalue weighted by atomic mass is 35.5. The van der Waals surface area contributed by atoms with E-state index < -0.39 is 0 Å². The second-order valence-corrected chi connectivity index (χ2v) is 4.36. The molecule has 0 nitrogen and oxygen atoms in total. The summed E-state index contributed by atoms with van der Waals surface area (Å²) in [7, 11) is 0. The van der Waals surface area contributed by atoms with Crippen LogP contribution in [0.4, 0.5) is 0 Å². The Morgan fingerprint density at radius 3 is 2.12 bits per heavy atom. The molecule has 0 rings (SSSR count). The molecule has 0 aromatic rings. The van der Waals surface area contributed by atoms with Crippen molar-refractivity contribution < 1.29 is 0 Å². The molecule has 0 amide bonds. The summed E-state index contributed by atoms with van der Waals surface area (Å²) in [4.78, 5) is 0. The van der Waals surface area contributed by atoms with Gasteiger partial charge in [0.1, 0.15) is 0 Å². The van der Waals surface area contributed by atoms with Crippen LogP contribution in [-0.4, -0.2) is 20.0 Å². The first-order chi connectivity index (χ1) is 3.27. The van der Waals surface area contributed by atoms with Crippen molar-refractivity contribution in [2.24, 2.45) is 5.92 Å². The molecule has 1 radical (unpaired) electrons. The van der Waals surface area contributed by atoms with Crippen LogP contribution < -0.4 is 0 Å². The molecule has 0 aliphatic rings. The van der Waals surface area contributed by atoms with Crippen molar-refractivity contribution in [1.82, 2.24) is 0 Å². The van der Waals surface area contributed by atoms with E-state index in [4.69, 9.17) is 11.6 Å². The van der Waals surface area contributed by atoms with Crippen LogP contribution in [0.1, 0.15) is 13.8 Å². The quantitative estimate of drug-likeness (QED) is 0.450. The SMILES string of the molecule is CC(C)[CH2][Al][CH2]Cl.Cl. The molecule has 3 heteroatoms. The minimum absolute atomic E-state index is 0. The molecule has 0 spiro atoms. The van der Waals surface area contributed by atoms with Crippen molar-refractivity contribution in [2.75, 3.05) is 4.74 Å². The Labute approximate surface area is 69.1 Å². The lowest BCUT2D eigenvalue weighted by atomic mass is 10.3. The van der Waals surface area contributed by atoms with Crippen LogP contribution >= 0.6 is 24.0 Å². The van der Waals surface area contributed by atoms with Gasteiger partial charge in [0.15, 0.2) is 0 Å². The van der Waals surface area contributed by atoms with E-state index in [1.165, 1.54) is 5.28 Å². The Morgan fingerprint density at radius 1 is 1.50 bits per heavy atom. The van der Waals surface area contributed by atoms with Gasteiger partial charge in [0, 0.05) is 0 Å². The first kappa shape index (κ1) is 11.9. The molecule has 0 atom stereocenters. The zero-order valence-electron chi connectivity index (χ0n) is 5.36. The van der Waals surface area contributed by atoms with Crippen molar-refractivity contribution in [1.29, 1.82) is 0 Å². The Kier molecular flexibility index (Phi) is 12.0. The molecule has 0 saturated carbocycles. The summed E-state index contributed by atoms with van der Waals surface area (Å²) in [6, 6.07) is 0. The summed E-state index contributed by atoms with van der Waals surface area (Å²) in [5.41, 5.74) is 0. The molecule has 0 aromatic heterocycles. The van der Waals surface area contributed by atoms with E-state index in [1.807, 2.05) is 0 Å². The zero-order chi connectivity index (χ0) is 5.70. The van der Waals surface area contributed by atoms with Crippen LogP contribution in [0.15, 0.2) is 0 Å². The lowest BCUT2D eigenvalue weighted by Gasteiger charge is -1.96. The molecule has 0 unspecified atom stereocenters. The van der Waals surface area contributed by atoms with E-state index in [0.29, 0.717) is 15.2 Å². The van der Waals surface area contributed by atoms with Gasteiger partial charge >= 0.3 is 0 Å². The summed E-state index contributed by atoms with van der Waals surface area (Å²) in [5, 5.41) is 1.35. The van der Waals surface area contributed by atoms with Gasteiger partial charge in [0.2, 0.25) is 15.2 Å². The van der Waals surface area contributed by atoms with Gasteiger partial charge in [0.25, 0.3) is 0 Å². The van der Waals surface area contributed by atoms with Crippen LogP contribution in [0.25, 0.3) is 0 Å². The van der Waals surface area contributed by atoms with Gasteiger partial charge in [0.05, 0.1) is 0 Å². The van der Waals surface area contributed by atoms with Crippen molar-refractivity contribution in [2.45, 2.75) is 19.1 Å². The third kappa shape index (κ3) is 10.2. The summed E-state index contributed by atoms with van der Waals surface area (Å²) < 4.78 is 0.901. The topological polar surface area (TPSA) is 0 Å². The number of hydrogen-bond acceptors (Lipinski definition) is 0. The molecule has 0 aliphatic heterocycles. The standard InChI is InChI=1S/C4H9.CH2Cl.Al.ClH/c1-4(2)3;1-2;;/h4H,1H2,2-3H3;1H2;;1H. The Balaban J connectivity index is 0. The molecule has 49 valence electrons. The number of hydrogen-bond donors (Lipinski definition) is 0. The van der Waals surface area contributed by atoms with Crippen LogP contribution in [0.5, 0.6) is 0 Å². The average molecular weight is 170 g/mol. The van der Waals surface area contributed by atoms with E-state index in [0.717, 1.165) is 10.7 Å². The van der Waals surface area contributed by atoms with E-state index >= 15 is 0 Å². The predicted octanol–water partition coefficient (Wildman–Crippen LogP) is 2.38. The Morgan fingerprint density at radius 2 is 2.00 bits per heavy atom. The third-order valence-corrected chi connectivity index (χ3v) is 2.90. The highest BCUT2D eigenvalue weighted by Crippen LogP contribution is 1.97. The lowest BCUT2D eigenvalue weighted by Crippen LogP contribution is -1.96. The predicted molar refractivity (Wildman–Crippen MR) is 43.4 cm³/mol. The molecule has 0 bridgehead atoms. The maximum absolute atomic E-state index is 5.48. The fourth-order valence-corrected chi connectivity index (χ4v) is 1.57. The molecule has 0 saturated heterocycles. The second kappa shape index (κ2) is 8.11. The fraction of sp³-hybridized carbons (Fsp3) is 1.00. The van der Waals surface area contributed by atoms with E-state index in [2.05, 4.69) is 13.8 Å². The van der Waals surface area contributed by atoms with Crippen LogP contribution in [0, 0.1) is 5.92 Å². The number of halogens is 2. The van der Waals surface area contributed by atoms with Gasteiger partial charge in [-0.25, -0.2) is 0 Å². The molecular weight excluding hydrogens is 158 g/mol. The third-order valence-electron chi connectivity index (χ3n) is 0.747. The summed E-state index contributed by atoms with van der Waals surface area (Å²) >= 11 is 6.03. The summed E-state index contributed by atoms with van der Waals surface area (Å²) in [6.45, 7) is 4.47. The Bertz CT molecular complexity index is 39.4. The highest BCUT2D eigenvalue weighted by molar-refractivity contribution is 6.50. The average Bonchev–Trinajstić information content (AvgIpc) is 1.61. The number of rotatable bonds is 3. The maximum Gasteiger partial charge on any atom is 0.224 e. The minimum Gasteiger partial charge on any atom is -0.147 e. The van der Waals surface area contributed by atoms with Crippen molar-refractivity contribution >= 4 is 39.2 Å². The van der Waals surface area contributed by atoms with Crippen LogP contribution in [0.3, 0.4) is 0 Å². The van der Waals surface area contributed by atoms with Crippen LogP contribution in [-0.2, 0) is 0 Å². The van der Waals surface area contributed by atoms with Gasteiger partial charge in [-0.15, -0.1) is 24.0 Å². The van der Waals surface area contributed by atoms with Gasteiger partial charge in [-0.05, 0) is 4.74 Å². The van der Waals surface area contributed by atoms with Crippen molar-refractivity contribution in [3.8, 4) is 0 Å². The van der Waals surface area contributed by atoms with E-state index in [1.54, 1.807) is 0 Å². The largest absolute Gasteiger partial charge is 0.224 e. The molecule has 0 aliphatic carbocycles. The molecular formula is C5H12AlCl2. The molecule has 0 aromatic carbocycles. The zero-order valence-corrected chi connectivity index (χ0v) is 8.08. The van der Waals surface area contributed by atoms with Crippen molar-refractivity contribution in [3.05, 3.63) is 0 Å². The molecule has 0 N–H and O–H groups in total. The van der Waals surface area contributed by atoms with Crippen molar-refractivity contribution in [3.63, 3.8) is 0 Å². The van der Waals surface area contributed by atoms with Crippen LogP contribution in [0.2, 0.25) is 5.28 Å². The first-order valence-electron chi connectivity index (χ1n) is 2.65. The molecule has 0 heterocycles. The monoisotopic (exact) mass is 169 g/mol. The van der Waals surface area contributed by atoms with E-state index in [9.17, 15) is 0 Å². The maximum atomic E-state index is 5.48. The Hall–Kier alpha value is 1.11. The van der Waals surface area contributed by atoms with Gasteiger partial charge < -0.3 is 0 Å². The summed E-state index contributed by atoms with van der Waals surface area (Å²) in [5.74, 6) is 0.855.